The van der Waals surface area contributed by atoms with Gasteiger partial charge >= 0.3 is 0 Å². The molecule has 1 aromatic heterocycles. The van der Waals surface area contributed by atoms with Crippen molar-refractivity contribution < 1.29 is 33.3 Å². The zero-order valence-electron chi connectivity index (χ0n) is 11.1. The summed E-state index contributed by atoms with van der Waals surface area (Å²) >= 11 is 0. The Kier molecular flexibility index (Phi) is 5.21. The van der Waals surface area contributed by atoms with Crippen molar-refractivity contribution in [1.82, 2.24) is 10.2 Å². The third-order valence-electron chi connectivity index (χ3n) is 2.47. The van der Waals surface area contributed by atoms with Gasteiger partial charge in [-0.05, 0) is 24.3 Å². The van der Waals surface area contributed by atoms with Gasteiger partial charge in [0.25, 0.3) is 0 Å². The zero-order chi connectivity index (χ0) is 16.0. The minimum atomic E-state index is -4.69. The molecule has 114 valence electrons. The van der Waals surface area contributed by atoms with E-state index in [1.165, 1.54) is 0 Å². The van der Waals surface area contributed by atoms with Gasteiger partial charge in [-0.2, -0.15) is 14.0 Å². The van der Waals surface area contributed by atoms with Gasteiger partial charge in [0.05, 0.1) is 14.9 Å². The number of aromatic nitrogens is 2. The van der Waals surface area contributed by atoms with E-state index in [0.717, 1.165) is 11.1 Å². The summed E-state index contributed by atoms with van der Waals surface area (Å²) in [5.41, 5.74) is 1.87. The van der Waals surface area contributed by atoms with E-state index in [0.29, 0.717) is 11.8 Å². The second kappa shape index (κ2) is 7.12. The molecule has 0 spiro atoms. The highest BCUT2D eigenvalue weighted by Crippen LogP contribution is 2.22. The number of benzene rings is 2. The molecule has 0 radical (unpaired) electrons. The third kappa shape index (κ3) is 5.24. The molecule has 0 aliphatic carbocycles. The average Bonchev–Trinajstić information content (AvgIpc) is 2.97. The van der Waals surface area contributed by atoms with Gasteiger partial charge in [-0.1, -0.05) is 36.4 Å². The highest BCUT2D eigenvalue weighted by atomic mass is 35.7. The molecule has 0 bridgehead atoms. The third-order valence-corrected chi connectivity index (χ3v) is 2.47. The molecule has 0 atom stereocenters. The van der Waals surface area contributed by atoms with E-state index in [-0.39, 0.29) is 0 Å². The van der Waals surface area contributed by atoms with Crippen LogP contribution in [0.2, 0.25) is 0 Å². The van der Waals surface area contributed by atoms with E-state index < -0.39 is 10.2 Å². The van der Waals surface area contributed by atoms with Gasteiger partial charge in [0, 0.05) is 11.1 Å². The maximum atomic E-state index is 8.60. The molecular weight excluding hydrogens is 312 g/mol. The Hall–Kier alpha value is -2.29. The van der Waals surface area contributed by atoms with Crippen LogP contribution in [0.5, 0.6) is 0 Å². The molecule has 1 heterocycles. The van der Waals surface area contributed by atoms with Gasteiger partial charge in [0.1, 0.15) is 0 Å². The van der Waals surface area contributed by atoms with Gasteiger partial charge in [-0.3, -0.25) is 0 Å². The fraction of sp³-hybridized carbons (Fsp3) is 0. The molecule has 2 aromatic carbocycles. The van der Waals surface area contributed by atoms with E-state index in [1.54, 1.807) is 0 Å². The Morgan fingerprint density at radius 1 is 0.727 bits per heavy atom. The van der Waals surface area contributed by atoms with Gasteiger partial charge in [0.15, 0.2) is 0 Å². The van der Waals surface area contributed by atoms with Crippen molar-refractivity contribution in [2.75, 3.05) is 0 Å². The summed E-state index contributed by atoms with van der Waals surface area (Å²) in [7, 11) is -4.69. The molecule has 22 heavy (non-hydrogen) atoms. The molecule has 0 saturated carbocycles. The van der Waals surface area contributed by atoms with Crippen LogP contribution < -0.4 is 14.0 Å². The predicted molar refractivity (Wildman–Crippen MR) is 67.4 cm³/mol. The molecule has 0 aliphatic heterocycles. The predicted octanol–water partition coefficient (Wildman–Crippen LogP) is -0.720. The summed E-state index contributed by atoms with van der Waals surface area (Å²) < 4.78 is 38.4. The van der Waals surface area contributed by atoms with Gasteiger partial charge < -0.3 is 4.42 Å². The topological polar surface area (TPSA) is 128 Å². The maximum absolute atomic E-state index is 8.60. The monoisotopic (exact) mass is 322 g/mol. The highest BCUT2D eigenvalue weighted by Gasteiger charge is 2.08. The molecular formula is C14H11ClN2O5. The van der Waals surface area contributed by atoms with Gasteiger partial charge in [-0.15, -0.1) is 10.2 Å². The summed E-state index contributed by atoms with van der Waals surface area (Å²) in [6.45, 7) is 0. The fourth-order valence-corrected chi connectivity index (χ4v) is 1.62. The Labute approximate surface area is 127 Å². The Bertz CT molecular complexity index is 638. The van der Waals surface area contributed by atoms with Crippen LogP contribution in [0.15, 0.2) is 65.1 Å². The molecule has 8 heteroatoms. The lowest BCUT2D eigenvalue weighted by atomic mass is 10.2. The summed E-state index contributed by atoms with van der Waals surface area (Å²) in [6, 6.07) is 19.5. The molecule has 3 aromatic rings. The molecule has 0 aliphatic rings. The van der Waals surface area contributed by atoms with Crippen molar-refractivity contribution in [2.24, 2.45) is 0 Å². The van der Waals surface area contributed by atoms with Gasteiger partial charge in [0.2, 0.25) is 11.8 Å². The second-order valence-electron chi connectivity index (χ2n) is 4.04. The lowest BCUT2D eigenvalue weighted by molar-refractivity contribution is -1.92. The second-order valence-corrected chi connectivity index (χ2v) is 4.83. The van der Waals surface area contributed by atoms with Crippen LogP contribution in [0.25, 0.3) is 22.9 Å². The fourth-order valence-electron chi connectivity index (χ4n) is 1.62. The van der Waals surface area contributed by atoms with Crippen LogP contribution in [0, 0.1) is 10.2 Å². The molecule has 0 fully saturated rings. The largest absolute Gasteiger partial charge is 0.416 e. The van der Waals surface area contributed by atoms with Crippen molar-refractivity contribution in [3.05, 3.63) is 60.7 Å². The summed E-state index contributed by atoms with van der Waals surface area (Å²) in [5.74, 6) is 1.09. The summed E-state index contributed by atoms with van der Waals surface area (Å²) in [5, 5.41) is 8.09. The number of nitrogens with zero attached hydrogens (tertiary/aromatic N) is 2. The molecule has 0 saturated heterocycles. The van der Waals surface area contributed by atoms with Crippen LogP contribution in [0.3, 0.4) is 0 Å². The highest BCUT2D eigenvalue weighted by molar-refractivity contribution is 5.57. The molecule has 1 N–H and O–H groups in total. The molecule has 0 unspecified atom stereocenters. The average molecular weight is 323 g/mol. The summed E-state index contributed by atoms with van der Waals surface area (Å²) in [6.07, 6.45) is 0. The van der Waals surface area contributed by atoms with Crippen LogP contribution in [-0.4, -0.2) is 14.9 Å². The van der Waals surface area contributed by atoms with E-state index in [1.807, 2.05) is 60.7 Å². The Morgan fingerprint density at radius 2 is 1.05 bits per heavy atom. The Balaban J connectivity index is 0.000000309. The summed E-state index contributed by atoms with van der Waals surface area (Å²) in [4.78, 5) is 0. The first-order valence-corrected chi connectivity index (χ1v) is 7.27. The molecule has 3 rings (SSSR count). The van der Waals surface area contributed by atoms with Crippen molar-refractivity contribution in [3.8, 4) is 22.9 Å². The first-order chi connectivity index (χ1) is 10.4. The number of rotatable bonds is 2. The normalized spacial score (nSPS) is 10.7. The molecule has 7 nitrogen and oxygen atoms in total. The first kappa shape index (κ1) is 16.1. The number of hydrogen-bond donors (Lipinski definition) is 1. The van der Waals surface area contributed by atoms with E-state index >= 15 is 0 Å². The minimum absolute atomic E-state index is 0.546. The lowest BCUT2D eigenvalue weighted by Crippen LogP contribution is -2.58. The quantitative estimate of drug-likeness (QED) is 0.659. The van der Waals surface area contributed by atoms with Crippen LogP contribution in [0.4, 0.5) is 0 Å². The lowest BCUT2D eigenvalue weighted by Gasteiger charge is -2.03. The smallest absolute Gasteiger partial charge is 0.248 e. The first-order valence-electron chi connectivity index (χ1n) is 6.01. The van der Waals surface area contributed by atoms with Gasteiger partial charge in [-0.25, -0.2) is 0 Å². The van der Waals surface area contributed by atoms with Crippen molar-refractivity contribution in [3.63, 3.8) is 0 Å². The van der Waals surface area contributed by atoms with Crippen LogP contribution in [-0.2, 0) is 0 Å². The van der Waals surface area contributed by atoms with Crippen molar-refractivity contribution in [1.29, 1.82) is 0 Å². The van der Waals surface area contributed by atoms with Crippen LogP contribution in [0.1, 0.15) is 0 Å². The van der Waals surface area contributed by atoms with Crippen molar-refractivity contribution in [2.45, 2.75) is 0 Å². The standard InChI is InChI=1S/C14H10N2O.ClHO4/c1-3-7-11(8-4-1)13-15-16-14(17-13)12-9-5-2-6-10-12;2-1(3,4)5/h1-10H;(H,2,3,4,5). The SMILES string of the molecule is [O-][Cl+3]([O-])([O-])O.c1ccc(-c2nnc(-c3ccccc3)o2)cc1. The number of halogens is 1. The van der Waals surface area contributed by atoms with Crippen molar-refractivity contribution >= 4 is 0 Å². The van der Waals surface area contributed by atoms with Crippen LogP contribution >= 0.6 is 0 Å². The van der Waals surface area contributed by atoms with E-state index in [9.17, 15) is 0 Å². The number of hydrogen-bond acceptors (Lipinski definition) is 7. The molecule has 0 amide bonds. The zero-order valence-corrected chi connectivity index (χ0v) is 11.9. The van der Waals surface area contributed by atoms with E-state index in [4.69, 9.17) is 23.1 Å². The van der Waals surface area contributed by atoms with E-state index in [2.05, 4.69) is 10.2 Å². The maximum Gasteiger partial charge on any atom is 0.248 e. The minimum Gasteiger partial charge on any atom is -0.416 e. The Morgan fingerprint density at radius 3 is 1.36 bits per heavy atom.